The van der Waals surface area contributed by atoms with Crippen LogP contribution < -0.4 is 15.6 Å². The van der Waals surface area contributed by atoms with Gasteiger partial charge in [-0.3, -0.25) is 0 Å². The summed E-state index contributed by atoms with van der Waals surface area (Å²) in [6, 6.07) is 13.0. The van der Waals surface area contributed by atoms with Gasteiger partial charge in [-0.2, -0.15) is 20.1 Å². The van der Waals surface area contributed by atoms with Crippen LogP contribution in [0.1, 0.15) is 42.1 Å². The summed E-state index contributed by atoms with van der Waals surface area (Å²) in [6.45, 7) is 2.92. The molecular formula is C23H24FN7O2. The number of hydrazone groups is 1. The van der Waals surface area contributed by atoms with E-state index in [1.165, 1.54) is 18.3 Å². The molecule has 1 aromatic heterocycles. The fourth-order valence-electron chi connectivity index (χ4n) is 3.64. The Balaban J connectivity index is 1.63. The standard InChI is InChI=1S/C23H24FN7O2/c1-15-8-6-7-13-31(15)23-28-21(26-19-12-5-4-11-18(19)24)27-22(29-23)30-25-14-16-9-2-3-10-17(16)20(32)33/h2-5,9-12,14-15H,6-8,13H2,1H3,(H,32,33)(H2,26,27,28,29,30)/b25-14-/t15-/m0/s1. The zero-order valence-electron chi connectivity index (χ0n) is 18.1. The van der Waals surface area contributed by atoms with Crippen molar-refractivity contribution in [2.24, 2.45) is 5.10 Å². The molecule has 0 amide bonds. The third kappa shape index (κ3) is 5.40. The number of benzene rings is 2. The predicted molar refractivity (Wildman–Crippen MR) is 125 cm³/mol. The van der Waals surface area contributed by atoms with Crippen molar-refractivity contribution < 1.29 is 14.3 Å². The molecule has 1 saturated heterocycles. The summed E-state index contributed by atoms with van der Waals surface area (Å²) in [5, 5.41) is 16.3. The zero-order chi connectivity index (χ0) is 23.2. The minimum atomic E-state index is -1.05. The van der Waals surface area contributed by atoms with E-state index in [2.05, 4.69) is 42.6 Å². The number of piperidine rings is 1. The second-order valence-corrected chi connectivity index (χ2v) is 7.69. The summed E-state index contributed by atoms with van der Waals surface area (Å²) in [6.07, 6.45) is 4.58. The average Bonchev–Trinajstić information content (AvgIpc) is 2.81. The molecule has 1 fully saturated rings. The molecule has 10 heteroatoms. The topological polar surface area (TPSA) is 116 Å². The molecular weight excluding hydrogens is 425 g/mol. The van der Waals surface area contributed by atoms with Gasteiger partial charge in [-0.15, -0.1) is 0 Å². The van der Waals surface area contributed by atoms with Gasteiger partial charge in [0, 0.05) is 18.2 Å². The lowest BCUT2D eigenvalue weighted by molar-refractivity contribution is 0.0696. The molecule has 0 saturated carbocycles. The first-order chi connectivity index (χ1) is 16.0. The highest BCUT2D eigenvalue weighted by molar-refractivity contribution is 5.98. The number of aromatic nitrogens is 3. The number of halogens is 1. The Hall–Kier alpha value is -4.08. The number of nitrogens with one attached hydrogen (secondary N) is 2. The van der Waals surface area contributed by atoms with Crippen LogP contribution in [-0.2, 0) is 0 Å². The Bertz CT molecular complexity index is 1170. The third-order valence-corrected chi connectivity index (χ3v) is 5.36. The van der Waals surface area contributed by atoms with E-state index >= 15 is 0 Å². The maximum Gasteiger partial charge on any atom is 0.336 e. The molecule has 0 spiro atoms. The normalized spacial score (nSPS) is 16.1. The van der Waals surface area contributed by atoms with Crippen LogP contribution in [0.3, 0.4) is 0 Å². The van der Waals surface area contributed by atoms with Gasteiger partial charge >= 0.3 is 5.97 Å². The molecule has 4 rings (SSSR count). The maximum absolute atomic E-state index is 14.2. The second kappa shape index (κ2) is 10.0. The van der Waals surface area contributed by atoms with Gasteiger partial charge in [0.2, 0.25) is 17.8 Å². The number of aromatic carboxylic acids is 1. The molecule has 2 aromatic carbocycles. The quantitative estimate of drug-likeness (QED) is 0.362. The van der Waals surface area contributed by atoms with Crippen molar-refractivity contribution in [3.8, 4) is 0 Å². The molecule has 3 N–H and O–H groups in total. The van der Waals surface area contributed by atoms with E-state index in [-0.39, 0.29) is 29.2 Å². The Kier molecular flexibility index (Phi) is 6.72. The Morgan fingerprint density at radius 2 is 1.88 bits per heavy atom. The number of rotatable bonds is 7. The Morgan fingerprint density at radius 3 is 2.67 bits per heavy atom. The second-order valence-electron chi connectivity index (χ2n) is 7.69. The van der Waals surface area contributed by atoms with Crippen molar-refractivity contribution in [1.82, 2.24) is 15.0 Å². The van der Waals surface area contributed by atoms with Crippen LogP contribution in [0.15, 0.2) is 53.6 Å². The molecule has 2 heterocycles. The van der Waals surface area contributed by atoms with Crippen LogP contribution in [-0.4, -0.2) is 44.8 Å². The highest BCUT2D eigenvalue weighted by Gasteiger charge is 2.22. The van der Waals surface area contributed by atoms with E-state index in [0.717, 1.165) is 25.8 Å². The van der Waals surface area contributed by atoms with Crippen molar-refractivity contribution in [1.29, 1.82) is 0 Å². The van der Waals surface area contributed by atoms with Gasteiger partial charge in [-0.1, -0.05) is 30.3 Å². The zero-order valence-corrected chi connectivity index (χ0v) is 18.1. The number of carboxylic acid groups (broad SMARTS) is 1. The van der Waals surface area contributed by atoms with Gasteiger partial charge in [-0.25, -0.2) is 14.6 Å². The summed E-state index contributed by atoms with van der Waals surface area (Å²) in [4.78, 5) is 26.8. The van der Waals surface area contributed by atoms with Crippen molar-refractivity contribution in [2.75, 3.05) is 22.2 Å². The predicted octanol–water partition coefficient (Wildman–Crippen LogP) is 4.28. The van der Waals surface area contributed by atoms with Gasteiger partial charge in [0.15, 0.2) is 0 Å². The molecule has 1 atom stereocenters. The van der Waals surface area contributed by atoms with E-state index < -0.39 is 11.8 Å². The van der Waals surface area contributed by atoms with Gasteiger partial charge < -0.3 is 15.3 Å². The number of para-hydroxylation sites is 1. The molecule has 0 bridgehead atoms. The molecule has 0 unspecified atom stereocenters. The number of carbonyl (C=O) groups is 1. The minimum Gasteiger partial charge on any atom is -0.478 e. The third-order valence-electron chi connectivity index (χ3n) is 5.36. The van der Waals surface area contributed by atoms with Gasteiger partial charge in [-0.05, 0) is 44.4 Å². The van der Waals surface area contributed by atoms with E-state index in [0.29, 0.717) is 11.5 Å². The Morgan fingerprint density at radius 1 is 1.12 bits per heavy atom. The maximum atomic E-state index is 14.2. The molecule has 170 valence electrons. The van der Waals surface area contributed by atoms with Gasteiger partial charge in [0.1, 0.15) is 5.82 Å². The lowest BCUT2D eigenvalue weighted by atomic mass is 10.0. The molecule has 33 heavy (non-hydrogen) atoms. The number of carboxylic acids is 1. The SMILES string of the molecule is C[C@H]1CCCCN1c1nc(N/N=C\c2ccccc2C(=O)O)nc(Nc2ccccc2F)n1. The average molecular weight is 449 g/mol. The van der Waals surface area contributed by atoms with Crippen molar-refractivity contribution in [2.45, 2.75) is 32.2 Å². The van der Waals surface area contributed by atoms with E-state index in [9.17, 15) is 14.3 Å². The van der Waals surface area contributed by atoms with Crippen LogP contribution in [0.2, 0.25) is 0 Å². The van der Waals surface area contributed by atoms with Crippen LogP contribution in [0, 0.1) is 5.82 Å². The lowest BCUT2D eigenvalue weighted by Gasteiger charge is -2.33. The van der Waals surface area contributed by atoms with Crippen LogP contribution in [0.5, 0.6) is 0 Å². The summed E-state index contributed by atoms with van der Waals surface area (Å²) in [7, 11) is 0. The Labute approximate surface area is 190 Å². The number of anilines is 4. The highest BCUT2D eigenvalue weighted by Crippen LogP contribution is 2.25. The summed E-state index contributed by atoms with van der Waals surface area (Å²) in [5.74, 6) is -0.689. The van der Waals surface area contributed by atoms with Gasteiger partial charge in [0.25, 0.3) is 0 Å². The van der Waals surface area contributed by atoms with E-state index in [1.807, 2.05) is 0 Å². The van der Waals surface area contributed by atoms with Crippen LogP contribution in [0.4, 0.5) is 27.9 Å². The molecule has 1 aliphatic heterocycles. The minimum absolute atomic E-state index is 0.128. The first-order valence-electron chi connectivity index (χ1n) is 10.7. The van der Waals surface area contributed by atoms with Crippen molar-refractivity contribution in [3.05, 3.63) is 65.5 Å². The number of nitrogens with zero attached hydrogens (tertiary/aromatic N) is 5. The number of hydrogen-bond donors (Lipinski definition) is 3. The fraction of sp³-hybridized carbons (Fsp3) is 0.261. The first-order valence-corrected chi connectivity index (χ1v) is 10.7. The van der Waals surface area contributed by atoms with Crippen molar-refractivity contribution >= 4 is 35.7 Å². The van der Waals surface area contributed by atoms with Crippen molar-refractivity contribution in [3.63, 3.8) is 0 Å². The monoisotopic (exact) mass is 449 g/mol. The van der Waals surface area contributed by atoms with E-state index in [1.54, 1.807) is 36.4 Å². The summed E-state index contributed by atoms with van der Waals surface area (Å²) in [5.41, 5.74) is 3.55. The van der Waals surface area contributed by atoms with Gasteiger partial charge in [0.05, 0.1) is 17.5 Å². The molecule has 0 radical (unpaired) electrons. The molecule has 0 aliphatic carbocycles. The largest absolute Gasteiger partial charge is 0.478 e. The first kappa shape index (κ1) is 22.1. The number of hydrogen-bond acceptors (Lipinski definition) is 8. The van der Waals surface area contributed by atoms with Crippen LogP contribution >= 0.6 is 0 Å². The summed E-state index contributed by atoms with van der Waals surface area (Å²) < 4.78 is 14.2. The lowest BCUT2D eigenvalue weighted by Crippen LogP contribution is -2.38. The molecule has 9 nitrogen and oxygen atoms in total. The molecule has 3 aromatic rings. The highest BCUT2D eigenvalue weighted by atomic mass is 19.1. The van der Waals surface area contributed by atoms with Crippen LogP contribution in [0.25, 0.3) is 0 Å². The summed E-state index contributed by atoms with van der Waals surface area (Å²) >= 11 is 0. The smallest absolute Gasteiger partial charge is 0.336 e. The molecule has 1 aliphatic rings. The van der Waals surface area contributed by atoms with E-state index in [4.69, 9.17) is 0 Å². The fourth-order valence-corrected chi connectivity index (χ4v) is 3.64.